The predicted octanol–water partition coefficient (Wildman–Crippen LogP) is 4.68. The largest absolute Gasteiger partial charge is 0.445 e. The van der Waals surface area contributed by atoms with Gasteiger partial charge in [-0.3, -0.25) is 0 Å². The third-order valence-corrected chi connectivity index (χ3v) is 4.59. The van der Waals surface area contributed by atoms with Gasteiger partial charge in [-0.25, -0.2) is 4.79 Å². The lowest BCUT2D eigenvalue weighted by molar-refractivity contribution is 0.124. The number of rotatable bonds is 6. The molecular weight excluding hydrogens is 274 g/mol. The number of carbonyl (C=O) groups is 1. The summed E-state index contributed by atoms with van der Waals surface area (Å²) in [5, 5.41) is 3.08. The second kappa shape index (κ2) is 8.62. The number of hydrogen-bond donors (Lipinski definition) is 1. The van der Waals surface area contributed by atoms with Crippen LogP contribution in [0.1, 0.15) is 44.6 Å². The molecule has 3 nitrogen and oxygen atoms in total. The van der Waals surface area contributed by atoms with Crippen molar-refractivity contribution in [1.29, 1.82) is 0 Å². The van der Waals surface area contributed by atoms with Crippen molar-refractivity contribution >= 4 is 6.09 Å². The minimum Gasteiger partial charge on any atom is -0.445 e. The molecule has 1 aliphatic rings. The van der Waals surface area contributed by atoms with E-state index in [2.05, 4.69) is 18.8 Å². The van der Waals surface area contributed by atoms with Crippen LogP contribution in [0.15, 0.2) is 43.0 Å². The molecule has 120 valence electrons. The number of benzene rings is 1. The summed E-state index contributed by atoms with van der Waals surface area (Å²) in [4.78, 5) is 12.1. The Labute approximate surface area is 133 Å². The minimum absolute atomic E-state index is 0.126. The quantitative estimate of drug-likeness (QED) is 0.774. The van der Waals surface area contributed by atoms with Crippen molar-refractivity contribution in [2.45, 2.75) is 51.7 Å². The Morgan fingerprint density at radius 3 is 2.64 bits per heavy atom. The average Bonchev–Trinajstić information content (AvgIpc) is 2.59. The van der Waals surface area contributed by atoms with Crippen LogP contribution in [-0.2, 0) is 11.3 Å². The lowest BCUT2D eigenvalue weighted by Gasteiger charge is -2.33. The Morgan fingerprint density at radius 2 is 2.00 bits per heavy atom. The molecule has 1 amide bonds. The Bertz CT molecular complexity index is 466. The normalized spacial score (nSPS) is 18.2. The van der Waals surface area contributed by atoms with Gasteiger partial charge in [-0.1, -0.05) is 62.6 Å². The smallest absolute Gasteiger partial charge is 0.407 e. The molecule has 1 aromatic carbocycles. The van der Waals surface area contributed by atoms with Crippen LogP contribution < -0.4 is 5.32 Å². The van der Waals surface area contributed by atoms with Crippen molar-refractivity contribution in [1.82, 2.24) is 5.32 Å². The van der Waals surface area contributed by atoms with Crippen LogP contribution in [-0.4, -0.2) is 12.1 Å². The van der Waals surface area contributed by atoms with Crippen molar-refractivity contribution in [3.05, 3.63) is 48.6 Å². The first-order valence-corrected chi connectivity index (χ1v) is 8.30. The Balaban J connectivity index is 1.88. The van der Waals surface area contributed by atoms with Crippen LogP contribution >= 0.6 is 0 Å². The van der Waals surface area contributed by atoms with Crippen molar-refractivity contribution in [3.8, 4) is 0 Å². The molecule has 1 fully saturated rings. The number of nitrogens with one attached hydrogen (secondary N) is 1. The molecular formula is C19H27NO2. The number of hydrogen-bond acceptors (Lipinski definition) is 2. The van der Waals surface area contributed by atoms with Gasteiger partial charge in [0.2, 0.25) is 0 Å². The van der Waals surface area contributed by atoms with Crippen molar-refractivity contribution < 1.29 is 9.53 Å². The summed E-state index contributed by atoms with van der Waals surface area (Å²) >= 11 is 0. The van der Waals surface area contributed by atoms with E-state index in [4.69, 9.17) is 4.74 Å². The molecule has 0 aliphatic heterocycles. The third kappa shape index (κ3) is 4.90. The molecule has 22 heavy (non-hydrogen) atoms. The van der Waals surface area contributed by atoms with Gasteiger partial charge in [0.25, 0.3) is 0 Å². The maximum absolute atomic E-state index is 12.1. The van der Waals surface area contributed by atoms with Gasteiger partial charge in [0.1, 0.15) is 6.61 Å². The monoisotopic (exact) mass is 301 g/mol. The summed E-state index contributed by atoms with van der Waals surface area (Å²) in [5.41, 5.74) is 1.00. The Hall–Kier alpha value is -1.77. The highest BCUT2D eigenvalue weighted by Gasteiger charge is 2.28. The first kappa shape index (κ1) is 16.6. The van der Waals surface area contributed by atoms with E-state index in [1.54, 1.807) is 0 Å². The van der Waals surface area contributed by atoms with Gasteiger partial charge >= 0.3 is 6.09 Å². The maximum atomic E-state index is 12.1. The van der Waals surface area contributed by atoms with E-state index >= 15 is 0 Å². The SMILES string of the molecule is C=C[C@H](C)[C@H](NC(=O)OCc1ccccc1)C1CCCCC1. The number of ether oxygens (including phenoxy) is 1. The molecule has 1 saturated carbocycles. The fraction of sp³-hybridized carbons (Fsp3) is 0.526. The molecule has 0 saturated heterocycles. The molecule has 1 N–H and O–H groups in total. The van der Waals surface area contributed by atoms with E-state index in [1.807, 2.05) is 36.4 Å². The molecule has 0 spiro atoms. The Morgan fingerprint density at radius 1 is 1.32 bits per heavy atom. The van der Waals surface area contributed by atoms with E-state index < -0.39 is 0 Å². The van der Waals surface area contributed by atoms with Crippen LogP contribution in [0.2, 0.25) is 0 Å². The summed E-state index contributed by atoms with van der Waals surface area (Å²) in [6.07, 6.45) is 7.79. The van der Waals surface area contributed by atoms with Gasteiger partial charge in [0.05, 0.1) is 0 Å². The number of alkyl carbamates (subject to hydrolysis) is 1. The molecule has 1 aliphatic carbocycles. The molecule has 1 aromatic rings. The molecule has 2 atom stereocenters. The van der Waals surface area contributed by atoms with Gasteiger partial charge < -0.3 is 10.1 Å². The average molecular weight is 301 g/mol. The lowest BCUT2D eigenvalue weighted by atomic mass is 9.79. The van der Waals surface area contributed by atoms with Gasteiger partial charge in [-0.2, -0.15) is 0 Å². The highest BCUT2D eigenvalue weighted by Crippen LogP contribution is 2.30. The molecule has 0 unspecified atom stereocenters. The van der Waals surface area contributed by atoms with Gasteiger partial charge in [-0.05, 0) is 30.2 Å². The zero-order valence-corrected chi connectivity index (χ0v) is 13.5. The van der Waals surface area contributed by atoms with E-state index in [0.717, 1.165) is 5.56 Å². The summed E-state index contributed by atoms with van der Waals surface area (Å²) in [6.45, 7) is 6.31. The summed E-state index contributed by atoms with van der Waals surface area (Å²) in [6, 6.07) is 9.88. The van der Waals surface area contributed by atoms with Crippen LogP contribution in [0.5, 0.6) is 0 Å². The molecule has 3 heteroatoms. The van der Waals surface area contributed by atoms with Crippen LogP contribution in [0.3, 0.4) is 0 Å². The zero-order valence-electron chi connectivity index (χ0n) is 13.5. The summed E-state index contributed by atoms with van der Waals surface area (Å²) < 4.78 is 5.36. The predicted molar refractivity (Wildman–Crippen MR) is 89.5 cm³/mol. The van der Waals surface area contributed by atoms with Crippen molar-refractivity contribution in [2.24, 2.45) is 11.8 Å². The standard InChI is InChI=1S/C19H27NO2/c1-3-15(2)18(17-12-8-5-9-13-17)20-19(21)22-14-16-10-6-4-7-11-16/h3-4,6-7,10-11,15,17-18H,1,5,8-9,12-14H2,2H3,(H,20,21)/t15-,18-/m0/s1. The van der Waals surface area contributed by atoms with Crippen LogP contribution in [0.25, 0.3) is 0 Å². The van der Waals surface area contributed by atoms with Gasteiger partial charge in [0.15, 0.2) is 0 Å². The maximum Gasteiger partial charge on any atom is 0.407 e. The summed E-state index contributed by atoms with van der Waals surface area (Å²) in [7, 11) is 0. The Kier molecular flexibility index (Phi) is 6.50. The second-order valence-electron chi connectivity index (χ2n) is 6.22. The van der Waals surface area contributed by atoms with E-state index in [1.165, 1.54) is 32.1 Å². The van der Waals surface area contributed by atoms with E-state index in [9.17, 15) is 4.79 Å². The first-order chi connectivity index (χ1) is 10.7. The van der Waals surface area contributed by atoms with Crippen molar-refractivity contribution in [3.63, 3.8) is 0 Å². The number of carbonyl (C=O) groups excluding carboxylic acids is 1. The van der Waals surface area contributed by atoms with E-state index in [-0.39, 0.29) is 18.1 Å². The van der Waals surface area contributed by atoms with Crippen LogP contribution in [0.4, 0.5) is 4.79 Å². The highest BCUT2D eigenvalue weighted by molar-refractivity contribution is 5.67. The highest BCUT2D eigenvalue weighted by atomic mass is 16.5. The van der Waals surface area contributed by atoms with Gasteiger partial charge in [-0.15, -0.1) is 6.58 Å². The third-order valence-electron chi connectivity index (χ3n) is 4.59. The van der Waals surface area contributed by atoms with Crippen LogP contribution in [0, 0.1) is 11.8 Å². The minimum atomic E-state index is -0.326. The number of amides is 1. The van der Waals surface area contributed by atoms with Gasteiger partial charge in [0, 0.05) is 6.04 Å². The lowest BCUT2D eigenvalue weighted by Crippen LogP contribution is -2.45. The molecule has 0 bridgehead atoms. The molecule has 0 aromatic heterocycles. The fourth-order valence-corrected chi connectivity index (χ4v) is 3.22. The van der Waals surface area contributed by atoms with Crippen molar-refractivity contribution in [2.75, 3.05) is 0 Å². The topological polar surface area (TPSA) is 38.3 Å². The molecule has 2 rings (SSSR count). The fourth-order valence-electron chi connectivity index (χ4n) is 3.22. The molecule has 0 radical (unpaired) electrons. The first-order valence-electron chi connectivity index (χ1n) is 8.30. The zero-order chi connectivity index (χ0) is 15.8. The summed E-state index contributed by atoms with van der Waals surface area (Å²) in [5.74, 6) is 0.790. The van der Waals surface area contributed by atoms with E-state index in [0.29, 0.717) is 12.5 Å². The molecule has 0 heterocycles. The second-order valence-corrected chi connectivity index (χ2v) is 6.22.